The maximum atomic E-state index is 13.0. The Balaban J connectivity index is 1.38. The quantitative estimate of drug-likeness (QED) is 0.668. The van der Waals surface area contributed by atoms with Crippen molar-refractivity contribution in [2.24, 2.45) is 5.92 Å². The number of hydrogen-bond donors (Lipinski definition) is 0. The average Bonchev–Trinajstić information content (AvgIpc) is 3.17. The molecule has 0 saturated carbocycles. The van der Waals surface area contributed by atoms with Crippen LogP contribution in [0.15, 0.2) is 52.9 Å². The molecule has 1 aromatic heterocycles. The van der Waals surface area contributed by atoms with Gasteiger partial charge in [-0.1, -0.05) is 42.0 Å². The smallest absolute Gasteiger partial charge is 0.298 e. The number of fused-ring (bicyclic) bond motifs is 1. The summed E-state index contributed by atoms with van der Waals surface area (Å²) in [5, 5.41) is 0. The number of para-hydroxylation sites is 2. The molecule has 28 heavy (non-hydrogen) atoms. The molecule has 1 amide bonds. The lowest BCUT2D eigenvalue weighted by atomic mass is 9.94. The van der Waals surface area contributed by atoms with Crippen molar-refractivity contribution in [3.63, 3.8) is 0 Å². The van der Waals surface area contributed by atoms with Gasteiger partial charge >= 0.3 is 0 Å². The largest absolute Gasteiger partial charge is 0.423 e. The summed E-state index contributed by atoms with van der Waals surface area (Å²) in [6, 6.07) is 17.0. The molecule has 2 heterocycles. The summed E-state index contributed by atoms with van der Waals surface area (Å²) in [6.45, 7) is 5.75. The Hall–Kier alpha value is -2.82. The lowest BCUT2D eigenvalue weighted by Crippen LogP contribution is -2.42. The molecule has 5 heteroatoms. The first-order chi connectivity index (χ1) is 13.5. The van der Waals surface area contributed by atoms with Crippen LogP contribution in [0.1, 0.15) is 36.9 Å². The Kier molecular flexibility index (Phi) is 5.07. The van der Waals surface area contributed by atoms with Crippen molar-refractivity contribution in [2.75, 3.05) is 25.0 Å². The highest BCUT2D eigenvalue weighted by Crippen LogP contribution is 2.29. The monoisotopic (exact) mass is 377 g/mol. The zero-order chi connectivity index (χ0) is 19.7. The molecule has 0 aliphatic carbocycles. The number of benzene rings is 2. The van der Waals surface area contributed by atoms with Crippen molar-refractivity contribution < 1.29 is 9.21 Å². The van der Waals surface area contributed by atoms with Crippen LogP contribution in [0.2, 0.25) is 0 Å². The highest BCUT2D eigenvalue weighted by Gasteiger charge is 2.30. The van der Waals surface area contributed by atoms with E-state index in [1.165, 1.54) is 11.1 Å². The van der Waals surface area contributed by atoms with Crippen LogP contribution in [0.25, 0.3) is 11.1 Å². The van der Waals surface area contributed by atoms with E-state index in [-0.39, 0.29) is 17.9 Å². The third-order valence-corrected chi connectivity index (χ3v) is 5.89. The second-order valence-corrected chi connectivity index (χ2v) is 7.76. The number of hydrogen-bond acceptors (Lipinski definition) is 4. The lowest BCUT2D eigenvalue weighted by Gasteiger charge is -2.34. The van der Waals surface area contributed by atoms with Crippen LogP contribution in [-0.4, -0.2) is 35.9 Å². The number of anilines is 1. The fraction of sp³-hybridized carbons (Fsp3) is 0.391. The summed E-state index contributed by atoms with van der Waals surface area (Å²) in [6.07, 6.45) is 1.64. The first kappa shape index (κ1) is 18.5. The molecular weight excluding hydrogens is 350 g/mol. The van der Waals surface area contributed by atoms with E-state index in [0.29, 0.717) is 6.01 Å². The number of rotatable bonds is 4. The van der Waals surface area contributed by atoms with Gasteiger partial charge in [0, 0.05) is 26.1 Å². The van der Waals surface area contributed by atoms with Crippen molar-refractivity contribution in [2.45, 2.75) is 32.7 Å². The van der Waals surface area contributed by atoms with E-state index >= 15 is 0 Å². The zero-order valence-electron chi connectivity index (χ0n) is 16.8. The second kappa shape index (κ2) is 7.66. The summed E-state index contributed by atoms with van der Waals surface area (Å²) in [5.41, 5.74) is 4.09. The molecule has 2 aromatic carbocycles. The highest BCUT2D eigenvalue weighted by atomic mass is 16.4. The van der Waals surface area contributed by atoms with Crippen LogP contribution >= 0.6 is 0 Å². The fourth-order valence-corrected chi connectivity index (χ4v) is 3.86. The van der Waals surface area contributed by atoms with Gasteiger partial charge in [-0.2, -0.15) is 4.98 Å². The van der Waals surface area contributed by atoms with Crippen molar-refractivity contribution in [3.8, 4) is 0 Å². The van der Waals surface area contributed by atoms with Crippen LogP contribution in [-0.2, 0) is 4.79 Å². The Morgan fingerprint density at radius 1 is 1.14 bits per heavy atom. The molecule has 5 nitrogen and oxygen atoms in total. The summed E-state index contributed by atoms with van der Waals surface area (Å²) in [4.78, 5) is 21.7. The minimum Gasteiger partial charge on any atom is -0.423 e. The lowest BCUT2D eigenvalue weighted by molar-refractivity contribution is -0.136. The summed E-state index contributed by atoms with van der Waals surface area (Å²) >= 11 is 0. The van der Waals surface area contributed by atoms with Crippen molar-refractivity contribution >= 4 is 23.0 Å². The molecule has 1 atom stereocenters. The van der Waals surface area contributed by atoms with Gasteiger partial charge in [0.15, 0.2) is 5.58 Å². The van der Waals surface area contributed by atoms with Gasteiger partial charge in [0.1, 0.15) is 5.52 Å². The predicted octanol–water partition coefficient (Wildman–Crippen LogP) is 4.57. The molecule has 0 radical (unpaired) electrons. The van der Waals surface area contributed by atoms with Crippen LogP contribution < -0.4 is 4.90 Å². The molecule has 1 saturated heterocycles. The summed E-state index contributed by atoms with van der Waals surface area (Å²) in [5.74, 6) is 0.281. The van der Waals surface area contributed by atoms with E-state index in [1.807, 2.05) is 36.2 Å². The number of carbonyl (C=O) groups is 1. The van der Waals surface area contributed by atoms with Gasteiger partial charge in [0.05, 0.1) is 6.04 Å². The fourth-order valence-electron chi connectivity index (χ4n) is 3.86. The maximum absolute atomic E-state index is 13.0. The molecular formula is C23H27N3O2. The molecule has 0 N–H and O–H groups in total. The van der Waals surface area contributed by atoms with E-state index in [9.17, 15) is 4.79 Å². The minimum atomic E-state index is 0.0542. The number of aromatic nitrogens is 1. The molecule has 0 spiro atoms. The average molecular weight is 377 g/mol. The standard InChI is InChI=1S/C23H27N3O2/c1-16-8-10-18(11-9-16)17(2)25(3)22(27)19-12-14-26(15-13-19)23-24-20-6-4-5-7-21(20)28-23/h4-11,17,19H,12-15H2,1-3H3. The zero-order valence-corrected chi connectivity index (χ0v) is 16.8. The molecule has 1 fully saturated rings. The van der Waals surface area contributed by atoms with Crippen LogP contribution in [0.5, 0.6) is 0 Å². The molecule has 4 rings (SSSR count). The first-order valence-corrected chi connectivity index (χ1v) is 9.96. The van der Waals surface area contributed by atoms with Gasteiger partial charge < -0.3 is 14.2 Å². The maximum Gasteiger partial charge on any atom is 0.298 e. The van der Waals surface area contributed by atoms with Crippen LogP contribution in [0.3, 0.4) is 0 Å². The summed E-state index contributed by atoms with van der Waals surface area (Å²) in [7, 11) is 1.92. The van der Waals surface area contributed by atoms with E-state index in [4.69, 9.17) is 4.42 Å². The van der Waals surface area contributed by atoms with E-state index in [0.717, 1.165) is 37.0 Å². The normalized spacial score (nSPS) is 16.3. The van der Waals surface area contributed by atoms with Crippen molar-refractivity contribution in [3.05, 3.63) is 59.7 Å². The molecule has 3 aromatic rings. The minimum absolute atomic E-state index is 0.0542. The predicted molar refractivity (Wildman–Crippen MR) is 111 cm³/mol. The Labute approximate surface area is 166 Å². The van der Waals surface area contributed by atoms with Gasteiger partial charge in [-0.15, -0.1) is 0 Å². The van der Waals surface area contributed by atoms with Gasteiger partial charge in [-0.25, -0.2) is 0 Å². The van der Waals surface area contributed by atoms with Gasteiger partial charge in [0.25, 0.3) is 6.01 Å². The highest BCUT2D eigenvalue weighted by molar-refractivity contribution is 5.79. The number of carbonyl (C=O) groups excluding carboxylic acids is 1. The van der Waals surface area contributed by atoms with E-state index < -0.39 is 0 Å². The number of amides is 1. The molecule has 1 aliphatic heterocycles. The van der Waals surface area contributed by atoms with Crippen molar-refractivity contribution in [1.82, 2.24) is 9.88 Å². The number of oxazole rings is 1. The SMILES string of the molecule is Cc1ccc(C(C)N(C)C(=O)C2CCN(c3nc4ccccc4o3)CC2)cc1. The molecule has 146 valence electrons. The van der Waals surface area contributed by atoms with Gasteiger partial charge in [-0.05, 0) is 44.4 Å². The third-order valence-electron chi connectivity index (χ3n) is 5.89. The number of aryl methyl sites for hydroxylation is 1. The van der Waals surface area contributed by atoms with E-state index in [2.05, 4.69) is 48.0 Å². The molecule has 1 unspecified atom stereocenters. The van der Waals surface area contributed by atoms with Gasteiger partial charge in [0.2, 0.25) is 5.91 Å². The Bertz CT molecular complexity index is 922. The van der Waals surface area contributed by atoms with Crippen LogP contribution in [0, 0.1) is 12.8 Å². The van der Waals surface area contributed by atoms with Gasteiger partial charge in [-0.3, -0.25) is 4.79 Å². The Morgan fingerprint density at radius 3 is 2.50 bits per heavy atom. The molecule has 0 bridgehead atoms. The topological polar surface area (TPSA) is 49.6 Å². The van der Waals surface area contributed by atoms with E-state index in [1.54, 1.807) is 0 Å². The molecule has 1 aliphatic rings. The summed E-state index contributed by atoms with van der Waals surface area (Å²) < 4.78 is 5.88. The third kappa shape index (κ3) is 3.61. The van der Waals surface area contributed by atoms with Crippen molar-refractivity contribution in [1.29, 1.82) is 0 Å². The Morgan fingerprint density at radius 2 is 1.82 bits per heavy atom. The number of piperidine rings is 1. The first-order valence-electron chi connectivity index (χ1n) is 9.96. The number of nitrogens with zero attached hydrogens (tertiary/aromatic N) is 3. The van der Waals surface area contributed by atoms with Crippen LogP contribution in [0.4, 0.5) is 6.01 Å². The second-order valence-electron chi connectivity index (χ2n) is 7.76.